The van der Waals surface area contributed by atoms with Crippen LogP contribution in [0.2, 0.25) is 0 Å². The minimum atomic E-state index is -0.983. The number of aryl methyl sites for hydroxylation is 1. The van der Waals surface area contributed by atoms with Crippen LogP contribution in [0, 0.1) is 6.92 Å². The molecule has 0 saturated carbocycles. The van der Waals surface area contributed by atoms with Crippen LogP contribution >= 0.6 is 0 Å². The van der Waals surface area contributed by atoms with E-state index in [0.717, 1.165) is 5.52 Å². The molecule has 6 heteroatoms. The van der Waals surface area contributed by atoms with Crippen LogP contribution in [0.4, 0.5) is 0 Å². The average Bonchev–Trinajstić information content (AvgIpc) is 2.70. The molecule has 1 aromatic heterocycles. The molecule has 1 atom stereocenters. The van der Waals surface area contributed by atoms with E-state index in [0.29, 0.717) is 16.8 Å². The fraction of sp³-hybridized carbons (Fsp3) is 0.308. The largest absolute Gasteiger partial charge is 0.491 e. The second-order valence-electron chi connectivity index (χ2n) is 4.34. The second-order valence-corrected chi connectivity index (χ2v) is 4.34. The van der Waals surface area contributed by atoms with E-state index in [4.69, 9.17) is 10.5 Å². The van der Waals surface area contributed by atoms with Gasteiger partial charge in [0.05, 0.1) is 5.56 Å². The Morgan fingerprint density at radius 2 is 2.26 bits per heavy atom. The summed E-state index contributed by atoms with van der Waals surface area (Å²) in [4.78, 5) is 14.2. The number of hydrogen-bond acceptors (Lipinski definition) is 4. The lowest BCUT2D eigenvalue weighted by atomic mass is 10.1. The van der Waals surface area contributed by atoms with Gasteiger partial charge in [0.1, 0.15) is 18.5 Å². The molecule has 1 heterocycles. The van der Waals surface area contributed by atoms with Gasteiger partial charge in [-0.1, -0.05) is 0 Å². The van der Waals surface area contributed by atoms with Gasteiger partial charge in [-0.3, -0.25) is 0 Å². The van der Waals surface area contributed by atoms with Gasteiger partial charge in [0.2, 0.25) is 0 Å². The van der Waals surface area contributed by atoms with Crippen molar-refractivity contribution in [2.45, 2.75) is 13.0 Å². The van der Waals surface area contributed by atoms with Gasteiger partial charge in [-0.15, -0.1) is 0 Å². The molecule has 5 N–H and O–H groups in total. The number of hydrogen-bond donors (Lipinski definition) is 4. The lowest BCUT2D eigenvalue weighted by Gasteiger charge is -2.10. The first kappa shape index (κ1) is 13.4. The number of carboxylic acids is 1. The van der Waals surface area contributed by atoms with Gasteiger partial charge in [0.25, 0.3) is 0 Å². The summed E-state index contributed by atoms with van der Waals surface area (Å²) in [7, 11) is 0. The zero-order valence-electron chi connectivity index (χ0n) is 10.5. The molecule has 102 valence electrons. The molecule has 6 nitrogen and oxygen atoms in total. The van der Waals surface area contributed by atoms with E-state index in [1.54, 1.807) is 25.1 Å². The van der Waals surface area contributed by atoms with Crippen LogP contribution < -0.4 is 10.5 Å². The first-order chi connectivity index (χ1) is 9.02. The molecule has 0 spiro atoms. The molecule has 0 aliphatic carbocycles. The molecular formula is C13H16N2O4. The Balaban J connectivity index is 2.33. The summed E-state index contributed by atoms with van der Waals surface area (Å²) in [5, 5.41) is 19.1. The number of nitrogens with two attached hydrogens (primary N) is 1. The molecule has 0 bridgehead atoms. The maximum absolute atomic E-state index is 11.2. The number of H-pyrrole nitrogens is 1. The van der Waals surface area contributed by atoms with E-state index in [-0.39, 0.29) is 18.7 Å². The first-order valence-corrected chi connectivity index (χ1v) is 5.89. The molecule has 2 aromatic rings. The number of nitrogens with one attached hydrogen (secondary N) is 1. The van der Waals surface area contributed by atoms with Gasteiger partial charge in [0, 0.05) is 23.1 Å². The normalized spacial score (nSPS) is 12.6. The summed E-state index contributed by atoms with van der Waals surface area (Å²) >= 11 is 0. The molecule has 0 fully saturated rings. The number of carbonyl (C=O) groups is 1. The number of ether oxygens (including phenoxy) is 1. The summed E-state index contributed by atoms with van der Waals surface area (Å²) in [6.45, 7) is 1.90. The van der Waals surface area contributed by atoms with E-state index in [2.05, 4.69) is 4.98 Å². The molecule has 1 aromatic carbocycles. The Labute approximate surface area is 109 Å². The lowest BCUT2D eigenvalue weighted by Crippen LogP contribution is -2.26. The van der Waals surface area contributed by atoms with E-state index in [1.807, 2.05) is 0 Å². The molecule has 0 aliphatic heterocycles. The summed E-state index contributed by atoms with van der Waals surface area (Å²) < 4.78 is 5.37. The third-order valence-electron chi connectivity index (χ3n) is 2.89. The van der Waals surface area contributed by atoms with Crippen LogP contribution in [0.3, 0.4) is 0 Å². The number of aromatic amines is 1. The molecule has 0 saturated heterocycles. The smallest absolute Gasteiger partial charge is 0.338 e. The Morgan fingerprint density at radius 3 is 2.89 bits per heavy atom. The Hall–Kier alpha value is -2.05. The van der Waals surface area contributed by atoms with Crippen molar-refractivity contribution in [1.29, 1.82) is 0 Å². The second kappa shape index (κ2) is 5.29. The van der Waals surface area contributed by atoms with Crippen molar-refractivity contribution >= 4 is 16.9 Å². The van der Waals surface area contributed by atoms with Crippen molar-refractivity contribution in [3.63, 3.8) is 0 Å². The molecule has 19 heavy (non-hydrogen) atoms. The number of fused-ring (bicyclic) bond motifs is 1. The van der Waals surface area contributed by atoms with Crippen LogP contribution in [-0.4, -0.2) is 40.4 Å². The van der Waals surface area contributed by atoms with Gasteiger partial charge < -0.3 is 25.7 Å². The van der Waals surface area contributed by atoms with Crippen molar-refractivity contribution in [2.75, 3.05) is 13.2 Å². The first-order valence-electron chi connectivity index (χ1n) is 5.89. The average molecular weight is 264 g/mol. The molecule has 2 rings (SSSR count). The molecule has 0 amide bonds. The molecule has 0 radical (unpaired) electrons. The maximum atomic E-state index is 11.2. The molecule has 0 aliphatic rings. The van der Waals surface area contributed by atoms with Crippen LogP contribution in [0.15, 0.2) is 18.2 Å². The number of aromatic nitrogens is 1. The number of rotatable bonds is 5. The Kier molecular flexibility index (Phi) is 3.73. The number of carboxylic acid groups (broad SMARTS) is 1. The highest BCUT2D eigenvalue weighted by atomic mass is 16.5. The molecule has 0 unspecified atom stereocenters. The van der Waals surface area contributed by atoms with Crippen molar-refractivity contribution in [3.05, 3.63) is 29.5 Å². The maximum Gasteiger partial charge on any atom is 0.338 e. The van der Waals surface area contributed by atoms with E-state index < -0.39 is 12.1 Å². The van der Waals surface area contributed by atoms with Gasteiger partial charge in [0.15, 0.2) is 0 Å². The highest BCUT2D eigenvalue weighted by Crippen LogP contribution is 2.26. The summed E-state index contributed by atoms with van der Waals surface area (Å²) in [6, 6.07) is 5.11. The highest BCUT2D eigenvalue weighted by molar-refractivity contribution is 6.05. The van der Waals surface area contributed by atoms with Crippen molar-refractivity contribution in [2.24, 2.45) is 5.73 Å². The predicted octanol–water partition coefficient (Wildman–Crippen LogP) is 0.873. The summed E-state index contributed by atoms with van der Waals surface area (Å²) in [5.41, 5.74) is 6.85. The quantitative estimate of drug-likeness (QED) is 0.641. The zero-order valence-corrected chi connectivity index (χ0v) is 10.5. The zero-order chi connectivity index (χ0) is 14.0. The third kappa shape index (κ3) is 2.69. The number of aliphatic hydroxyl groups is 1. The monoisotopic (exact) mass is 264 g/mol. The van der Waals surface area contributed by atoms with Gasteiger partial charge >= 0.3 is 5.97 Å². The van der Waals surface area contributed by atoms with E-state index >= 15 is 0 Å². The Bertz CT molecular complexity index is 606. The summed E-state index contributed by atoms with van der Waals surface area (Å²) in [6.07, 6.45) is -0.734. The SMILES string of the molecule is Cc1[nH]c2ccc(OC[C@@H](O)CN)cc2c1C(=O)O. The van der Waals surface area contributed by atoms with E-state index in [1.165, 1.54) is 0 Å². The number of aliphatic hydroxyl groups excluding tert-OH is 1. The molecular weight excluding hydrogens is 248 g/mol. The van der Waals surface area contributed by atoms with Crippen LogP contribution in [0.25, 0.3) is 10.9 Å². The van der Waals surface area contributed by atoms with Gasteiger partial charge in [-0.25, -0.2) is 4.79 Å². The topological polar surface area (TPSA) is 109 Å². The summed E-state index contributed by atoms with van der Waals surface area (Å²) in [5.74, 6) is -0.482. The standard InChI is InChI=1S/C13H16N2O4/c1-7-12(13(17)18)10-4-9(2-3-11(10)15-7)19-6-8(16)5-14/h2-4,8,15-16H,5-6,14H2,1H3,(H,17,18)/t8-/m0/s1. The number of benzene rings is 1. The minimum Gasteiger partial charge on any atom is -0.491 e. The number of aromatic carboxylic acids is 1. The Morgan fingerprint density at radius 1 is 1.53 bits per heavy atom. The lowest BCUT2D eigenvalue weighted by molar-refractivity contribution is 0.0698. The van der Waals surface area contributed by atoms with Crippen LogP contribution in [0.5, 0.6) is 5.75 Å². The predicted molar refractivity (Wildman–Crippen MR) is 70.6 cm³/mol. The fourth-order valence-electron chi connectivity index (χ4n) is 1.93. The van der Waals surface area contributed by atoms with Crippen molar-refractivity contribution in [3.8, 4) is 5.75 Å². The van der Waals surface area contributed by atoms with E-state index in [9.17, 15) is 15.0 Å². The van der Waals surface area contributed by atoms with Gasteiger partial charge in [-0.05, 0) is 25.1 Å². The van der Waals surface area contributed by atoms with Crippen molar-refractivity contribution < 1.29 is 19.7 Å². The fourth-order valence-corrected chi connectivity index (χ4v) is 1.93. The minimum absolute atomic E-state index is 0.0772. The van der Waals surface area contributed by atoms with Crippen molar-refractivity contribution in [1.82, 2.24) is 4.98 Å². The third-order valence-corrected chi connectivity index (χ3v) is 2.89. The van der Waals surface area contributed by atoms with Crippen LogP contribution in [-0.2, 0) is 0 Å². The highest BCUT2D eigenvalue weighted by Gasteiger charge is 2.15. The van der Waals surface area contributed by atoms with Crippen LogP contribution in [0.1, 0.15) is 16.1 Å². The van der Waals surface area contributed by atoms with Gasteiger partial charge in [-0.2, -0.15) is 0 Å².